The lowest BCUT2D eigenvalue weighted by molar-refractivity contribution is -0.305. The second kappa shape index (κ2) is 7.70. The summed E-state index contributed by atoms with van der Waals surface area (Å²) in [5, 5.41) is 15.2. The van der Waals surface area contributed by atoms with E-state index in [1.165, 1.54) is 16.9 Å². The molecule has 0 spiro atoms. The fourth-order valence-corrected chi connectivity index (χ4v) is 2.73. The zero-order valence-electron chi connectivity index (χ0n) is 12.3. The lowest BCUT2D eigenvalue weighted by Gasteiger charge is -2.02. The van der Waals surface area contributed by atoms with Crippen LogP contribution in [-0.2, 0) is 16.0 Å². The molecule has 0 aliphatic heterocycles. The van der Waals surface area contributed by atoms with Crippen molar-refractivity contribution in [2.24, 2.45) is 0 Å². The number of nitrogens with one attached hydrogen (secondary N) is 1. The highest BCUT2D eigenvalue weighted by molar-refractivity contribution is 7.14. The van der Waals surface area contributed by atoms with E-state index >= 15 is 0 Å². The highest BCUT2D eigenvalue weighted by atomic mass is 32.1. The van der Waals surface area contributed by atoms with Gasteiger partial charge in [-0.1, -0.05) is 37.6 Å². The summed E-state index contributed by atoms with van der Waals surface area (Å²) < 4.78 is 0. The molecule has 22 heavy (non-hydrogen) atoms. The van der Waals surface area contributed by atoms with Crippen LogP contribution < -0.4 is 10.4 Å². The van der Waals surface area contributed by atoms with Crippen LogP contribution >= 0.6 is 11.3 Å². The molecule has 1 aromatic heterocycles. The van der Waals surface area contributed by atoms with Crippen molar-refractivity contribution in [3.63, 3.8) is 0 Å². The maximum atomic E-state index is 11.5. The van der Waals surface area contributed by atoms with E-state index in [1.807, 2.05) is 17.5 Å². The van der Waals surface area contributed by atoms with E-state index in [4.69, 9.17) is 0 Å². The van der Waals surface area contributed by atoms with Crippen molar-refractivity contribution in [2.45, 2.75) is 32.6 Å². The first-order chi connectivity index (χ1) is 10.6. The maximum absolute atomic E-state index is 11.5. The van der Waals surface area contributed by atoms with Gasteiger partial charge in [0.15, 0.2) is 5.13 Å². The van der Waals surface area contributed by atoms with Crippen LogP contribution in [0.4, 0.5) is 5.13 Å². The summed E-state index contributed by atoms with van der Waals surface area (Å²) in [5.74, 6) is -1.61. The number of rotatable bonds is 7. The van der Waals surface area contributed by atoms with Gasteiger partial charge < -0.3 is 15.2 Å². The van der Waals surface area contributed by atoms with Gasteiger partial charge in [-0.25, -0.2) is 4.98 Å². The lowest BCUT2D eigenvalue weighted by atomic mass is 10.1. The van der Waals surface area contributed by atoms with Gasteiger partial charge in [0, 0.05) is 23.3 Å². The Hall–Kier alpha value is -2.21. The molecule has 1 aromatic carbocycles. The van der Waals surface area contributed by atoms with E-state index in [0.29, 0.717) is 5.13 Å². The zero-order chi connectivity index (χ0) is 15.9. The second-order valence-electron chi connectivity index (χ2n) is 4.91. The summed E-state index contributed by atoms with van der Waals surface area (Å²) >= 11 is 1.32. The topological polar surface area (TPSA) is 82.1 Å². The molecule has 1 N–H and O–H groups in total. The third kappa shape index (κ3) is 4.66. The van der Waals surface area contributed by atoms with E-state index < -0.39 is 5.97 Å². The predicted octanol–water partition coefficient (Wildman–Crippen LogP) is 2.23. The highest BCUT2D eigenvalue weighted by Crippen LogP contribution is 2.25. The number of carbonyl (C=O) groups excluding carboxylic acids is 2. The summed E-state index contributed by atoms with van der Waals surface area (Å²) in [5.41, 5.74) is 3.08. The summed E-state index contributed by atoms with van der Waals surface area (Å²) in [6.07, 6.45) is 1.76. The number of carboxylic acids is 1. The Bertz CT molecular complexity index is 650. The van der Waals surface area contributed by atoms with Crippen molar-refractivity contribution in [1.82, 2.24) is 4.98 Å². The molecule has 1 amide bonds. The Labute approximate surface area is 133 Å². The number of hydrogen-bond acceptors (Lipinski definition) is 5. The number of aliphatic carboxylic acids is 1. The molecule has 0 aliphatic carbocycles. The molecule has 0 unspecified atom stereocenters. The fourth-order valence-electron chi connectivity index (χ4n) is 1.99. The quantitative estimate of drug-likeness (QED) is 0.849. The number of hydrogen-bond donors (Lipinski definition) is 1. The molecule has 116 valence electrons. The number of anilines is 1. The van der Waals surface area contributed by atoms with Crippen LogP contribution in [0.15, 0.2) is 29.6 Å². The number of carbonyl (C=O) groups is 2. The Morgan fingerprint density at radius 2 is 1.95 bits per heavy atom. The van der Waals surface area contributed by atoms with Gasteiger partial charge in [0.25, 0.3) is 0 Å². The lowest BCUT2D eigenvalue weighted by Crippen LogP contribution is -2.24. The van der Waals surface area contributed by atoms with Gasteiger partial charge in [0.05, 0.1) is 5.69 Å². The average molecular weight is 317 g/mol. The van der Waals surface area contributed by atoms with Crippen LogP contribution in [0.25, 0.3) is 11.3 Å². The number of amides is 1. The SMILES string of the molecule is CCCc1ccc(-c2csc(NC(=O)CCC(=O)[O-])n2)cc1. The summed E-state index contributed by atoms with van der Waals surface area (Å²) in [4.78, 5) is 26.2. The van der Waals surface area contributed by atoms with Gasteiger partial charge in [-0.3, -0.25) is 4.79 Å². The maximum Gasteiger partial charge on any atom is 0.226 e. The predicted molar refractivity (Wildman–Crippen MR) is 84.4 cm³/mol. The fraction of sp³-hybridized carbons (Fsp3) is 0.312. The van der Waals surface area contributed by atoms with Crippen molar-refractivity contribution in [3.05, 3.63) is 35.2 Å². The normalized spacial score (nSPS) is 10.4. The van der Waals surface area contributed by atoms with Crippen molar-refractivity contribution < 1.29 is 14.7 Å². The largest absolute Gasteiger partial charge is 0.550 e. The first kappa shape index (κ1) is 16.2. The third-order valence-corrected chi connectivity index (χ3v) is 3.85. The molecular formula is C16H17N2O3S-. The molecule has 0 bridgehead atoms. The number of thiazole rings is 1. The minimum atomic E-state index is -1.23. The van der Waals surface area contributed by atoms with E-state index in [2.05, 4.69) is 29.4 Å². The minimum absolute atomic E-state index is 0.108. The third-order valence-electron chi connectivity index (χ3n) is 3.10. The van der Waals surface area contributed by atoms with Crippen molar-refractivity contribution in [2.75, 3.05) is 5.32 Å². The molecule has 0 saturated carbocycles. The zero-order valence-corrected chi connectivity index (χ0v) is 13.1. The van der Waals surface area contributed by atoms with Crippen molar-refractivity contribution in [1.29, 1.82) is 0 Å². The molecule has 2 aromatic rings. The Kier molecular flexibility index (Phi) is 5.66. The molecule has 1 heterocycles. The van der Waals surface area contributed by atoms with Crippen molar-refractivity contribution >= 4 is 28.3 Å². The van der Waals surface area contributed by atoms with Crippen LogP contribution in [0.5, 0.6) is 0 Å². The highest BCUT2D eigenvalue weighted by Gasteiger charge is 2.08. The van der Waals surface area contributed by atoms with Gasteiger partial charge in [-0.2, -0.15) is 0 Å². The van der Waals surface area contributed by atoms with Gasteiger partial charge in [0.1, 0.15) is 0 Å². The average Bonchev–Trinajstić information content (AvgIpc) is 2.95. The standard InChI is InChI=1S/C16H18N2O3S/c1-2-3-11-4-6-12(7-5-11)13-10-22-16(17-13)18-14(19)8-9-15(20)21/h4-7,10H,2-3,8-9H2,1H3,(H,20,21)(H,17,18,19)/p-1. The van der Waals surface area contributed by atoms with Gasteiger partial charge in [-0.15, -0.1) is 11.3 Å². The molecule has 0 atom stereocenters. The molecule has 0 radical (unpaired) electrons. The minimum Gasteiger partial charge on any atom is -0.550 e. The number of carboxylic acid groups (broad SMARTS) is 1. The molecule has 6 heteroatoms. The van der Waals surface area contributed by atoms with Gasteiger partial charge >= 0.3 is 0 Å². The monoisotopic (exact) mass is 317 g/mol. The van der Waals surface area contributed by atoms with E-state index in [1.54, 1.807) is 0 Å². The molecule has 0 fully saturated rings. The van der Waals surface area contributed by atoms with Crippen LogP contribution in [-0.4, -0.2) is 16.9 Å². The first-order valence-corrected chi connectivity index (χ1v) is 8.01. The number of aromatic nitrogens is 1. The molecule has 0 saturated heterocycles. The summed E-state index contributed by atoms with van der Waals surface area (Å²) in [7, 11) is 0. The molecule has 0 aliphatic rings. The van der Waals surface area contributed by atoms with Gasteiger partial charge in [-0.05, 0) is 18.4 Å². The van der Waals surface area contributed by atoms with Crippen molar-refractivity contribution in [3.8, 4) is 11.3 Å². The number of benzene rings is 1. The Morgan fingerprint density at radius 3 is 2.59 bits per heavy atom. The second-order valence-corrected chi connectivity index (χ2v) is 5.76. The van der Waals surface area contributed by atoms with Crippen LogP contribution in [0.3, 0.4) is 0 Å². The van der Waals surface area contributed by atoms with E-state index in [-0.39, 0.29) is 18.7 Å². The summed E-state index contributed by atoms with van der Waals surface area (Å²) in [6.45, 7) is 2.14. The smallest absolute Gasteiger partial charge is 0.226 e. The number of nitrogens with zero attached hydrogens (tertiary/aromatic N) is 1. The molecule has 5 nitrogen and oxygen atoms in total. The summed E-state index contributed by atoms with van der Waals surface area (Å²) in [6, 6.07) is 8.19. The van der Waals surface area contributed by atoms with Crippen LogP contribution in [0.1, 0.15) is 31.7 Å². The van der Waals surface area contributed by atoms with Crippen LogP contribution in [0, 0.1) is 0 Å². The van der Waals surface area contributed by atoms with E-state index in [9.17, 15) is 14.7 Å². The first-order valence-electron chi connectivity index (χ1n) is 7.13. The molecular weight excluding hydrogens is 300 g/mol. The van der Waals surface area contributed by atoms with Gasteiger partial charge in [0.2, 0.25) is 5.91 Å². The number of aryl methyl sites for hydroxylation is 1. The Morgan fingerprint density at radius 1 is 1.23 bits per heavy atom. The van der Waals surface area contributed by atoms with Crippen LogP contribution in [0.2, 0.25) is 0 Å². The van der Waals surface area contributed by atoms with E-state index in [0.717, 1.165) is 24.1 Å². The Balaban J connectivity index is 1.98. The molecule has 2 rings (SSSR count).